The molecule has 3 aromatic rings. The number of benzene rings is 2. The summed E-state index contributed by atoms with van der Waals surface area (Å²) in [5, 5.41) is 14.4. The predicted molar refractivity (Wildman–Crippen MR) is 130 cm³/mol. The fourth-order valence-electron chi connectivity index (χ4n) is 3.16. The molecule has 0 spiro atoms. The van der Waals surface area contributed by atoms with Crippen LogP contribution < -0.4 is 9.88 Å². The van der Waals surface area contributed by atoms with Crippen molar-refractivity contribution in [3.63, 3.8) is 0 Å². The molecule has 172 valence electrons. The molecule has 2 aromatic carbocycles. The summed E-state index contributed by atoms with van der Waals surface area (Å²) in [6.45, 7) is 6.23. The molecule has 1 aromatic heterocycles. The van der Waals surface area contributed by atoms with Crippen molar-refractivity contribution in [3.05, 3.63) is 94.8 Å². The maximum Gasteiger partial charge on any atom is 0.416 e. The lowest BCUT2D eigenvalue weighted by atomic mass is 9.88. The van der Waals surface area contributed by atoms with E-state index in [2.05, 4.69) is 26.1 Å². The van der Waals surface area contributed by atoms with E-state index in [1.165, 1.54) is 12.1 Å². The SMILES string of the molecule is CC(C)(C)c1cc[n+](C(C(=S)Nc2cccc(C(F)(F)F)c2)=C(O)c2cccc(Cl)c2)cc1. The van der Waals surface area contributed by atoms with Gasteiger partial charge >= 0.3 is 6.18 Å². The number of alkyl halides is 3. The van der Waals surface area contributed by atoms with Crippen molar-refractivity contribution in [2.75, 3.05) is 5.32 Å². The number of nitrogens with zero attached hydrogens (tertiary/aromatic N) is 1. The first kappa shape index (κ1) is 24.7. The summed E-state index contributed by atoms with van der Waals surface area (Å²) in [5.74, 6) is -0.171. The Balaban J connectivity index is 2.07. The number of halogens is 4. The lowest BCUT2D eigenvalue weighted by Crippen LogP contribution is -2.39. The van der Waals surface area contributed by atoms with Crippen molar-refractivity contribution in [1.82, 2.24) is 0 Å². The third kappa shape index (κ3) is 6.12. The van der Waals surface area contributed by atoms with E-state index in [1.807, 2.05) is 12.1 Å². The van der Waals surface area contributed by atoms with Crippen molar-refractivity contribution >= 4 is 46.0 Å². The Kier molecular flexibility index (Phi) is 7.14. The lowest BCUT2D eigenvalue weighted by molar-refractivity contribution is -0.575. The summed E-state index contributed by atoms with van der Waals surface area (Å²) in [4.78, 5) is 0.0420. The van der Waals surface area contributed by atoms with Crippen LogP contribution in [0.15, 0.2) is 73.1 Å². The fraction of sp³-hybridized carbons (Fsp3) is 0.200. The van der Waals surface area contributed by atoms with Crippen LogP contribution in [0.5, 0.6) is 0 Å². The van der Waals surface area contributed by atoms with Gasteiger partial charge in [0.2, 0.25) is 0 Å². The highest BCUT2D eigenvalue weighted by atomic mass is 35.5. The van der Waals surface area contributed by atoms with E-state index in [0.717, 1.165) is 17.7 Å². The highest BCUT2D eigenvalue weighted by Crippen LogP contribution is 2.31. The number of pyridine rings is 1. The van der Waals surface area contributed by atoms with Crippen molar-refractivity contribution in [3.8, 4) is 0 Å². The average molecular weight is 492 g/mol. The summed E-state index contributed by atoms with van der Waals surface area (Å²) in [6, 6.07) is 15.1. The van der Waals surface area contributed by atoms with Gasteiger partial charge in [-0.1, -0.05) is 62.8 Å². The van der Waals surface area contributed by atoms with E-state index in [0.29, 0.717) is 10.6 Å². The number of aromatic nitrogens is 1. The Morgan fingerprint density at radius 1 is 0.939 bits per heavy atom. The standard InChI is InChI=1S/C25H22ClF3N2OS/c1-24(2,3)17-10-12-31(13-11-17)21(22(32)16-6-4-8-19(26)14-16)23(33)30-20-9-5-7-18(15-20)25(27,28)29/h4-15H,1-3H3,(H-,30,32,33)/p+1. The molecule has 1 heterocycles. The molecule has 0 saturated heterocycles. The molecule has 0 aliphatic rings. The van der Waals surface area contributed by atoms with Gasteiger partial charge in [0.1, 0.15) is 0 Å². The van der Waals surface area contributed by atoms with E-state index < -0.39 is 11.7 Å². The molecular formula is C25H23ClF3N2OS+. The van der Waals surface area contributed by atoms with Crippen LogP contribution in [-0.4, -0.2) is 10.1 Å². The molecule has 0 bridgehead atoms. The zero-order chi connectivity index (χ0) is 24.4. The Morgan fingerprint density at radius 3 is 2.15 bits per heavy atom. The third-order valence-electron chi connectivity index (χ3n) is 4.94. The van der Waals surface area contributed by atoms with E-state index >= 15 is 0 Å². The first-order valence-electron chi connectivity index (χ1n) is 10.1. The highest BCUT2D eigenvalue weighted by Gasteiger charge is 2.31. The number of nitrogens with one attached hydrogen (secondary N) is 1. The molecule has 0 fully saturated rings. The summed E-state index contributed by atoms with van der Waals surface area (Å²) in [6.07, 6.45) is -0.994. The van der Waals surface area contributed by atoms with Gasteiger partial charge in [-0.25, -0.2) is 0 Å². The number of aliphatic hydroxyl groups excluding tert-OH is 1. The molecule has 0 atom stereocenters. The van der Waals surface area contributed by atoms with Gasteiger partial charge in [0.25, 0.3) is 5.70 Å². The minimum absolute atomic E-state index is 0.0420. The topological polar surface area (TPSA) is 36.1 Å². The average Bonchev–Trinajstić information content (AvgIpc) is 2.73. The van der Waals surface area contributed by atoms with Crippen LogP contribution in [0.1, 0.15) is 37.5 Å². The summed E-state index contributed by atoms with van der Waals surface area (Å²) in [5.41, 5.74) is 0.940. The summed E-state index contributed by atoms with van der Waals surface area (Å²) < 4.78 is 41.0. The van der Waals surface area contributed by atoms with Gasteiger partial charge in [-0.15, -0.1) is 0 Å². The molecule has 0 radical (unpaired) electrons. The van der Waals surface area contributed by atoms with Crippen LogP contribution in [0.2, 0.25) is 5.02 Å². The Labute approximate surface area is 201 Å². The minimum atomic E-state index is -4.49. The van der Waals surface area contributed by atoms with Gasteiger partial charge < -0.3 is 10.4 Å². The van der Waals surface area contributed by atoms with Crippen LogP contribution >= 0.6 is 23.8 Å². The molecule has 2 N–H and O–H groups in total. The largest absolute Gasteiger partial charge is 0.502 e. The monoisotopic (exact) mass is 491 g/mol. The molecule has 0 aliphatic carbocycles. The molecule has 0 aliphatic heterocycles. The molecule has 0 saturated carbocycles. The van der Waals surface area contributed by atoms with Gasteiger partial charge in [0.15, 0.2) is 23.1 Å². The van der Waals surface area contributed by atoms with Crippen molar-refractivity contribution in [1.29, 1.82) is 0 Å². The zero-order valence-electron chi connectivity index (χ0n) is 18.2. The van der Waals surface area contributed by atoms with Gasteiger partial charge in [0, 0.05) is 28.4 Å². The molecule has 0 unspecified atom stereocenters. The Hall–Kier alpha value is -2.90. The van der Waals surface area contributed by atoms with Crippen LogP contribution in [0.25, 0.3) is 11.5 Å². The van der Waals surface area contributed by atoms with Crippen LogP contribution in [0.4, 0.5) is 18.9 Å². The van der Waals surface area contributed by atoms with Gasteiger partial charge in [-0.05, 0) is 41.3 Å². The first-order valence-corrected chi connectivity index (χ1v) is 10.8. The molecule has 3 rings (SSSR count). The number of hydrogen-bond donors (Lipinski definition) is 2. The Bertz CT molecular complexity index is 1200. The van der Waals surface area contributed by atoms with Crippen molar-refractivity contribution in [2.24, 2.45) is 0 Å². The summed E-state index contributed by atoms with van der Waals surface area (Å²) >= 11 is 11.6. The molecular weight excluding hydrogens is 469 g/mol. The maximum atomic E-state index is 13.1. The second kappa shape index (κ2) is 9.53. The van der Waals surface area contributed by atoms with Crippen molar-refractivity contribution in [2.45, 2.75) is 32.4 Å². The molecule has 3 nitrogen and oxygen atoms in total. The fourth-order valence-corrected chi connectivity index (χ4v) is 3.67. The normalized spacial score (nSPS) is 12.8. The molecule has 0 amide bonds. The van der Waals surface area contributed by atoms with E-state index in [4.69, 9.17) is 23.8 Å². The predicted octanol–water partition coefficient (Wildman–Crippen LogP) is 7.27. The lowest BCUT2D eigenvalue weighted by Gasteiger charge is -2.18. The number of thiocarbonyl (C=S) groups is 1. The third-order valence-corrected chi connectivity index (χ3v) is 5.47. The second-order valence-corrected chi connectivity index (χ2v) is 9.33. The second-order valence-electron chi connectivity index (χ2n) is 8.48. The number of rotatable bonds is 4. The minimum Gasteiger partial charge on any atom is -0.502 e. The van der Waals surface area contributed by atoms with Gasteiger partial charge in [-0.3, -0.25) is 0 Å². The van der Waals surface area contributed by atoms with Crippen LogP contribution in [0.3, 0.4) is 0 Å². The van der Waals surface area contributed by atoms with Gasteiger partial charge in [-0.2, -0.15) is 17.7 Å². The quantitative estimate of drug-likeness (QED) is 0.174. The number of hydrogen-bond acceptors (Lipinski definition) is 2. The summed E-state index contributed by atoms with van der Waals surface area (Å²) in [7, 11) is 0. The molecule has 33 heavy (non-hydrogen) atoms. The number of aliphatic hydroxyl groups is 1. The van der Waals surface area contributed by atoms with Crippen LogP contribution in [0, 0.1) is 0 Å². The van der Waals surface area contributed by atoms with E-state index in [-0.39, 0.29) is 27.5 Å². The smallest absolute Gasteiger partial charge is 0.416 e. The van der Waals surface area contributed by atoms with Crippen molar-refractivity contribution < 1.29 is 22.8 Å². The molecule has 8 heteroatoms. The van der Waals surface area contributed by atoms with Gasteiger partial charge in [0.05, 0.1) is 5.56 Å². The van der Waals surface area contributed by atoms with E-state index in [1.54, 1.807) is 41.2 Å². The zero-order valence-corrected chi connectivity index (χ0v) is 19.8. The maximum absolute atomic E-state index is 13.1. The highest BCUT2D eigenvalue weighted by molar-refractivity contribution is 7.81. The first-order chi connectivity index (χ1) is 15.4. The van der Waals surface area contributed by atoms with E-state index in [9.17, 15) is 18.3 Å². The van der Waals surface area contributed by atoms with Crippen LogP contribution in [-0.2, 0) is 11.6 Å². The number of anilines is 1. The Morgan fingerprint density at radius 2 is 1.58 bits per heavy atom.